The van der Waals surface area contributed by atoms with Crippen LogP contribution in [0.5, 0.6) is 0 Å². The van der Waals surface area contributed by atoms with Crippen molar-refractivity contribution >= 4 is 16.9 Å². The summed E-state index contributed by atoms with van der Waals surface area (Å²) >= 11 is 0. The first-order valence-corrected chi connectivity index (χ1v) is 9.70. The monoisotopic (exact) mass is 363 g/mol. The van der Waals surface area contributed by atoms with Crippen LogP contribution in [0.2, 0.25) is 0 Å². The van der Waals surface area contributed by atoms with Crippen LogP contribution in [0.15, 0.2) is 54.6 Å². The van der Waals surface area contributed by atoms with Gasteiger partial charge in [-0.15, -0.1) is 0 Å². The Morgan fingerprint density at radius 1 is 1.04 bits per heavy atom. The molecule has 1 heterocycles. The van der Waals surface area contributed by atoms with Gasteiger partial charge in [-0.2, -0.15) is 0 Å². The molecule has 1 fully saturated rings. The van der Waals surface area contributed by atoms with Gasteiger partial charge in [0.15, 0.2) is 0 Å². The highest BCUT2D eigenvalue weighted by atomic mass is 16.3. The summed E-state index contributed by atoms with van der Waals surface area (Å²) in [5.74, 6) is 0.958. The molecule has 1 aliphatic rings. The van der Waals surface area contributed by atoms with E-state index in [-0.39, 0.29) is 18.1 Å². The minimum absolute atomic E-state index is 0.0584. The van der Waals surface area contributed by atoms with E-state index in [1.807, 2.05) is 36.4 Å². The molecule has 1 aromatic heterocycles. The van der Waals surface area contributed by atoms with E-state index in [1.54, 1.807) is 0 Å². The van der Waals surface area contributed by atoms with Crippen molar-refractivity contribution in [2.45, 2.75) is 50.7 Å². The Labute approximate surface area is 159 Å². The largest absolute Gasteiger partial charge is 0.393 e. The summed E-state index contributed by atoms with van der Waals surface area (Å²) in [6.45, 7) is 0. The highest BCUT2D eigenvalue weighted by Crippen LogP contribution is 2.22. The van der Waals surface area contributed by atoms with Gasteiger partial charge in [-0.05, 0) is 49.9 Å². The van der Waals surface area contributed by atoms with Crippen LogP contribution in [0.3, 0.4) is 0 Å². The second kappa shape index (κ2) is 7.92. The van der Waals surface area contributed by atoms with E-state index >= 15 is 0 Å². The number of carbonyl (C=O) groups excluding carboxylic acids is 1. The van der Waals surface area contributed by atoms with Gasteiger partial charge in [-0.1, -0.05) is 30.3 Å². The zero-order valence-electron chi connectivity index (χ0n) is 15.3. The smallest absolute Gasteiger partial charge is 0.220 e. The molecule has 2 aromatic carbocycles. The van der Waals surface area contributed by atoms with E-state index in [0.29, 0.717) is 12.8 Å². The number of hydrogen-bond donors (Lipinski definition) is 2. The molecule has 140 valence electrons. The van der Waals surface area contributed by atoms with Crippen molar-refractivity contribution < 1.29 is 9.90 Å². The van der Waals surface area contributed by atoms with Crippen LogP contribution in [0.4, 0.5) is 0 Å². The van der Waals surface area contributed by atoms with Crippen LogP contribution in [-0.4, -0.2) is 32.7 Å². The molecule has 3 aromatic rings. The first-order valence-electron chi connectivity index (χ1n) is 9.70. The van der Waals surface area contributed by atoms with E-state index in [2.05, 4.69) is 28.1 Å². The lowest BCUT2D eigenvalue weighted by Crippen LogP contribution is -2.38. The average molecular weight is 363 g/mol. The van der Waals surface area contributed by atoms with Gasteiger partial charge in [0.1, 0.15) is 5.82 Å². The van der Waals surface area contributed by atoms with Gasteiger partial charge in [0, 0.05) is 24.6 Å². The molecule has 0 saturated heterocycles. The molecule has 0 bridgehead atoms. The minimum Gasteiger partial charge on any atom is -0.393 e. The van der Waals surface area contributed by atoms with Crippen molar-refractivity contribution in [1.29, 1.82) is 0 Å². The Balaban J connectivity index is 1.49. The van der Waals surface area contributed by atoms with Gasteiger partial charge in [-0.3, -0.25) is 9.36 Å². The minimum atomic E-state index is -0.205. The number of rotatable bonds is 5. The molecule has 0 aliphatic heterocycles. The fourth-order valence-corrected chi connectivity index (χ4v) is 3.85. The number of nitrogens with zero attached hydrogens (tertiary/aromatic N) is 2. The van der Waals surface area contributed by atoms with Gasteiger partial charge >= 0.3 is 0 Å². The number of amides is 1. The van der Waals surface area contributed by atoms with Crippen LogP contribution in [0.25, 0.3) is 16.7 Å². The summed E-state index contributed by atoms with van der Waals surface area (Å²) in [5.41, 5.74) is 3.06. The molecular formula is C22H25N3O2. The molecule has 5 nitrogen and oxygen atoms in total. The Bertz CT molecular complexity index is 912. The van der Waals surface area contributed by atoms with E-state index in [4.69, 9.17) is 4.98 Å². The second-order valence-electron chi connectivity index (χ2n) is 7.26. The van der Waals surface area contributed by atoms with Crippen molar-refractivity contribution in [2.75, 3.05) is 0 Å². The molecule has 27 heavy (non-hydrogen) atoms. The summed E-state index contributed by atoms with van der Waals surface area (Å²) in [5, 5.41) is 12.7. The van der Waals surface area contributed by atoms with Gasteiger partial charge in [0.2, 0.25) is 5.91 Å². The highest BCUT2D eigenvalue weighted by molar-refractivity contribution is 5.79. The molecule has 0 radical (unpaired) electrons. The third kappa shape index (κ3) is 4.03. The first-order chi connectivity index (χ1) is 13.2. The summed E-state index contributed by atoms with van der Waals surface area (Å²) in [6.07, 6.45) is 4.05. The van der Waals surface area contributed by atoms with Gasteiger partial charge < -0.3 is 10.4 Å². The molecule has 4 rings (SSSR count). The number of imidazole rings is 1. The number of nitrogens with one attached hydrogen (secondary N) is 1. The van der Waals surface area contributed by atoms with Crippen molar-refractivity contribution in [2.24, 2.45) is 0 Å². The maximum Gasteiger partial charge on any atom is 0.220 e. The Morgan fingerprint density at radius 2 is 1.74 bits per heavy atom. The van der Waals surface area contributed by atoms with Crippen LogP contribution in [0.1, 0.15) is 37.9 Å². The molecule has 1 amide bonds. The Kier molecular flexibility index (Phi) is 5.21. The number of aliphatic hydroxyl groups excluding tert-OH is 1. The third-order valence-electron chi connectivity index (χ3n) is 5.28. The molecule has 0 atom stereocenters. The third-order valence-corrected chi connectivity index (χ3v) is 5.28. The van der Waals surface area contributed by atoms with Crippen LogP contribution in [-0.2, 0) is 11.2 Å². The summed E-state index contributed by atoms with van der Waals surface area (Å²) < 4.78 is 2.14. The number of hydrogen-bond acceptors (Lipinski definition) is 3. The van der Waals surface area contributed by atoms with Crippen LogP contribution >= 0.6 is 0 Å². The number of benzene rings is 2. The topological polar surface area (TPSA) is 67.2 Å². The predicted octanol–water partition coefficient (Wildman–Crippen LogP) is 3.38. The summed E-state index contributed by atoms with van der Waals surface area (Å²) in [4.78, 5) is 17.2. The van der Waals surface area contributed by atoms with Crippen molar-refractivity contribution in [3.05, 3.63) is 60.4 Å². The zero-order chi connectivity index (χ0) is 18.6. The van der Waals surface area contributed by atoms with Crippen LogP contribution in [0, 0.1) is 0 Å². The molecule has 0 unspecified atom stereocenters. The molecule has 1 aliphatic carbocycles. The quantitative estimate of drug-likeness (QED) is 0.730. The number of aliphatic hydroxyl groups is 1. The molecular weight excluding hydrogens is 338 g/mol. The van der Waals surface area contributed by atoms with E-state index in [0.717, 1.165) is 48.2 Å². The van der Waals surface area contributed by atoms with E-state index in [9.17, 15) is 9.90 Å². The van der Waals surface area contributed by atoms with E-state index in [1.165, 1.54) is 0 Å². The molecule has 0 spiro atoms. The SMILES string of the molecule is O=C(CCc1nc2ccccc2n1-c1ccccc1)NC1CCC(O)CC1. The molecule has 2 N–H and O–H groups in total. The summed E-state index contributed by atoms with van der Waals surface area (Å²) in [6, 6.07) is 18.4. The lowest BCUT2D eigenvalue weighted by Gasteiger charge is -2.26. The average Bonchev–Trinajstić information content (AvgIpc) is 3.07. The highest BCUT2D eigenvalue weighted by Gasteiger charge is 2.21. The number of para-hydroxylation sites is 3. The van der Waals surface area contributed by atoms with Crippen molar-refractivity contribution in [3.8, 4) is 5.69 Å². The van der Waals surface area contributed by atoms with Gasteiger partial charge in [0.25, 0.3) is 0 Å². The standard InChI is InChI=1S/C22H25N3O2/c26-18-12-10-16(11-13-18)23-22(27)15-14-21-24-19-8-4-5-9-20(19)25(21)17-6-2-1-3-7-17/h1-9,16,18,26H,10-15H2,(H,23,27). The number of carbonyl (C=O) groups is 1. The van der Waals surface area contributed by atoms with E-state index < -0.39 is 0 Å². The summed E-state index contributed by atoms with van der Waals surface area (Å²) in [7, 11) is 0. The number of fused-ring (bicyclic) bond motifs is 1. The fourth-order valence-electron chi connectivity index (χ4n) is 3.85. The zero-order valence-corrected chi connectivity index (χ0v) is 15.3. The maximum absolute atomic E-state index is 12.4. The second-order valence-corrected chi connectivity index (χ2v) is 7.26. The van der Waals surface area contributed by atoms with Gasteiger partial charge in [-0.25, -0.2) is 4.98 Å². The molecule has 1 saturated carbocycles. The maximum atomic E-state index is 12.4. The van der Waals surface area contributed by atoms with Crippen molar-refractivity contribution in [1.82, 2.24) is 14.9 Å². The first kappa shape index (κ1) is 17.7. The predicted molar refractivity (Wildman–Crippen MR) is 106 cm³/mol. The fraction of sp³-hybridized carbons (Fsp3) is 0.364. The van der Waals surface area contributed by atoms with Crippen LogP contribution < -0.4 is 5.32 Å². The van der Waals surface area contributed by atoms with Crippen molar-refractivity contribution in [3.63, 3.8) is 0 Å². The normalized spacial score (nSPS) is 19.9. The Hall–Kier alpha value is -2.66. The molecule has 5 heteroatoms. The number of aromatic nitrogens is 2. The Morgan fingerprint density at radius 3 is 2.52 bits per heavy atom. The van der Waals surface area contributed by atoms with Gasteiger partial charge in [0.05, 0.1) is 17.1 Å². The lowest BCUT2D eigenvalue weighted by atomic mass is 9.93. The lowest BCUT2D eigenvalue weighted by molar-refractivity contribution is -0.122. The number of aryl methyl sites for hydroxylation is 1.